The van der Waals surface area contributed by atoms with Crippen molar-refractivity contribution in [3.05, 3.63) is 11.2 Å². The largest absolute Gasteiger partial charge is 0.369 e. The van der Waals surface area contributed by atoms with Crippen LogP contribution >= 0.6 is 11.6 Å². The van der Waals surface area contributed by atoms with Gasteiger partial charge in [-0.1, -0.05) is 18.5 Å². The fourth-order valence-corrected chi connectivity index (χ4v) is 1.14. The number of halogens is 1. The van der Waals surface area contributed by atoms with E-state index in [1.165, 1.54) is 0 Å². The van der Waals surface area contributed by atoms with E-state index in [9.17, 15) is 0 Å². The van der Waals surface area contributed by atoms with Crippen molar-refractivity contribution < 1.29 is 0 Å². The van der Waals surface area contributed by atoms with Gasteiger partial charge in [-0.25, -0.2) is 4.98 Å². The Morgan fingerprint density at radius 2 is 2.14 bits per heavy atom. The molecule has 0 amide bonds. The van der Waals surface area contributed by atoms with Gasteiger partial charge in [0.2, 0.25) is 5.95 Å². The number of nitrogens with zero attached hydrogens (tertiary/aromatic N) is 2. The number of anilines is 2. The zero-order valence-corrected chi connectivity index (χ0v) is 9.23. The number of rotatable bonds is 5. The van der Waals surface area contributed by atoms with Gasteiger partial charge in [0.25, 0.3) is 0 Å². The van der Waals surface area contributed by atoms with Crippen LogP contribution < -0.4 is 10.6 Å². The van der Waals surface area contributed by atoms with Crippen LogP contribution in [-0.2, 0) is 0 Å². The van der Waals surface area contributed by atoms with Crippen LogP contribution in [0, 0.1) is 0 Å². The first-order chi connectivity index (χ1) is 6.77. The number of hydrogen-bond acceptors (Lipinski definition) is 4. The molecule has 0 saturated carbocycles. The Morgan fingerprint density at radius 3 is 2.79 bits per heavy atom. The zero-order chi connectivity index (χ0) is 10.4. The monoisotopic (exact) mass is 214 g/mol. The molecule has 0 aromatic carbocycles. The minimum Gasteiger partial charge on any atom is -0.369 e. The summed E-state index contributed by atoms with van der Waals surface area (Å²) in [6, 6.07) is 0. The van der Waals surface area contributed by atoms with Crippen molar-refractivity contribution in [2.75, 3.05) is 23.7 Å². The summed E-state index contributed by atoms with van der Waals surface area (Å²) in [6.45, 7) is 5.75. The maximum absolute atomic E-state index is 5.89. The van der Waals surface area contributed by atoms with Crippen LogP contribution in [0.1, 0.15) is 20.3 Å². The minimum atomic E-state index is 0.550. The van der Waals surface area contributed by atoms with Gasteiger partial charge in [0.1, 0.15) is 10.8 Å². The number of hydrogen-bond donors (Lipinski definition) is 2. The van der Waals surface area contributed by atoms with Crippen molar-refractivity contribution in [3.63, 3.8) is 0 Å². The van der Waals surface area contributed by atoms with Crippen molar-refractivity contribution in [2.24, 2.45) is 0 Å². The first-order valence-corrected chi connectivity index (χ1v) is 5.16. The van der Waals surface area contributed by atoms with Gasteiger partial charge < -0.3 is 10.6 Å². The van der Waals surface area contributed by atoms with Gasteiger partial charge in [-0.15, -0.1) is 0 Å². The molecule has 0 bridgehead atoms. The van der Waals surface area contributed by atoms with Crippen LogP contribution in [-0.4, -0.2) is 23.1 Å². The van der Waals surface area contributed by atoms with Crippen molar-refractivity contribution in [2.45, 2.75) is 20.3 Å². The molecule has 0 saturated heterocycles. The van der Waals surface area contributed by atoms with E-state index < -0.39 is 0 Å². The zero-order valence-electron chi connectivity index (χ0n) is 8.47. The van der Waals surface area contributed by atoms with Crippen LogP contribution in [0.5, 0.6) is 0 Å². The van der Waals surface area contributed by atoms with Crippen LogP contribution in [0.25, 0.3) is 0 Å². The van der Waals surface area contributed by atoms with Crippen LogP contribution in [0.4, 0.5) is 11.8 Å². The van der Waals surface area contributed by atoms with E-state index in [-0.39, 0.29) is 0 Å². The molecule has 1 heterocycles. The summed E-state index contributed by atoms with van der Waals surface area (Å²) >= 11 is 5.89. The number of nitrogens with one attached hydrogen (secondary N) is 2. The first-order valence-electron chi connectivity index (χ1n) is 4.78. The van der Waals surface area contributed by atoms with Gasteiger partial charge in [0, 0.05) is 13.1 Å². The molecule has 0 aliphatic rings. The minimum absolute atomic E-state index is 0.550. The SMILES string of the molecule is CCCNc1ncc(Cl)c(NCC)n1. The third kappa shape index (κ3) is 3.03. The Labute approximate surface area is 89.1 Å². The summed E-state index contributed by atoms with van der Waals surface area (Å²) in [5, 5.41) is 6.72. The second-order valence-corrected chi connectivity index (χ2v) is 3.25. The molecule has 78 valence electrons. The van der Waals surface area contributed by atoms with Crippen molar-refractivity contribution in [1.82, 2.24) is 9.97 Å². The molecule has 0 spiro atoms. The molecule has 14 heavy (non-hydrogen) atoms. The lowest BCUT2D eigenvalue weighted by molar-refractivity contribution is 0.951. The van der Waals surface area contributed by atoms with Gasteiger partial charge in [0.05, 0.1) is 6.20 Å². The van der Waals surface area contributed by atoms with Gasteiger partial charge in [-0.05, 0) is 13.3 Å². The normalized spacial score (nSPS) is 9.93. The summed E-state index contributed by atoms with van der Waals surface area (Å²) in [6.07, 6.45) is 2.65. The predicted octanol–water partition coefficient (Wildman–Crippen LogP) is 2.38. The van der Waals surface area contributed by atoms with E-state index in [4.69, 9.17) is 11.6 Å². The van der Waals surface area contributed by atoms with E-state index in [0.717, 1.165) is 19.5 Å². The molecule has 2 N–H and O–H groups in total. The highest BCUT2D eigenvalue weighted by atomic mass is 35.5. The van der Waals surface area contributed by atoms with Crippen LogP contribution in [0.2, 0.25) is 5.02 Å². The maximum atomic E-state index is 5.89. The summed E-state index contributed by atoms with van der Waals surface area (Å²) in [4.78, 5) is 8.30. The number of aromatic nitrogens is 2. The maximum Gasteiger partial charge on any atom is 0.224 e. The summed E-state index contributed by atoms with van der Waals surface area (Å²) < 4.78 is 0. The lowest BCUT2D eigenvalue weighted by atomic mass is 10.5. The van der Waals surface area contributed by atoms with Crippen LogP contribution in [0.3, 0.4) is 0 Å². The quantitative estimate of drug-likeness (QED) is 0.790. The van der Waals surface area contributed by atoms with Gasteiger partial charge in [0.15, 0.2) is 0 Å². The summed E-state index contributed by atoms with van der Waals surface area (Å²) in [5.74, 6) is 1.30. The third-order valence-corrected chi connectivity index (χ3v) is 1.90. The standard InChI is InChI=1S/C9H15ClN4/c1-3-5-12-9-13-6-7(10)8(14-9)11-4-2/h6H,3-5H2,1-2H3,(H2,11,12,13,14). The molecule has 0 radical (unpaired) electrons. The predicted molar refractivity (Wildman–Crippen MR) is 60.0 cm³/mol. The molecule has 0 aliphatic carbocycles. The average molecular weight is 215 g/mol. The molecule has 0 unspecified atom stereocenters. The third-order valence-electron chi connectivity index (χ3n) is 1.62. The lowest BCUT2D eigenvalue weighted by Crippen LogP contribution is -2.07. The Kier molecular flexibility index (Phi) is 4.46. The van der Waals surface area contributed by atoms with Gasteiger partial charge in [-0.3, -0.25) is 0 Å². The molecular formula is C9H15ClN4. The topological polar surface area (TPSA) is 49.8 Å². The Morgan fingerprint density at radius 1 is 1.36 bits per heavy atom. The molecular weight excluding hydrogens is 200 g/mol. The molecule has 0 atom stereocenters. The fraction of sp³-hybridized carbons (Fsp3) is 0.556. The molecule has 1 aromatic heterocycles. The van der Waals surface area contributed by atoms with Crippen molar-refractivity contribution in [3.8, 4) is 0 Å². The van der Waals surface area contributed by atoms with Gasteiger partial charge >= 0.3 is 0 Å². The molecule has 5 heteroatoms. The Bertz CT molecular complexity index is 290. The van der Waals surface area contributed by atoms with E-state index in [1.807, 2.05) is 6.92 Å². The Balaban J connectivity index is 2.72. The van der Waals surface area contributed by atoms with E-state index in [0.29, 0.717) is 16.8 Å². The summed E-state index contributed by atoms with van der Waals surface area (Å²) in [7, 11) is 0. The smallest absolute Gasteiger partial charge is 0.224 e. The first kappa shape index (κ1) is 11.0. The fourth-order valence-electron chi connectivity index (χ4n) is 0.981. The molecule has 1 aromatic rings. The van der Waals surface area contributed by atoms with E-state index in [2.05, 4.69) is 27.5 Å². The molecule has 1 rings (SSSR count). The van der Waals surface area contributed by atoms with Crippen molar-refractivity contribution >= 4 is 23.4 Å². The van der Waals surface area contributed by atoms with E-state index >= 15 is 0 Å². The van der Waals surface area contributed by atoms with E-state index in [1.54, 1.807) is 6.20 Å². The Hall–Kier alpha value is -1.03. The second-order valence-electron chi connectivity index (χ2n) is 2.85. The second kappa shape index (κ2) is 5.65. The summed E-state index contributed by atoms with van der Waals surface area (Å²) in [5.41, 5.74) is 0. The highest BCUT2D eigenvalue weighted by Gasteiger charge is 2.02. The highest BCUT2D eigenvalue weighted by molar-refractivity contribution is 6.32. The molecule has 0 fully saturated rings. The van der Waals surface area contributed by atoms with Crippen molar-refractivity contribution in [1.29, 1.82) is 0 Å². The molecule has 4 nitrogen and oxygen atoms in total. The molecule has 0 aliphatic heterocycles. The lowest BCUT2D eigenvalue weighted by Gasteiger charge is -2.07. The highest BCUT2D eigenvalue weighted by Crippen LogP contribution is 2.18. The average Bonchev–Trinajstić information content (AvgIpc) is 2.19. The van der Waals surface area contributed by atoms with Crippen LogP contribution in [0.15, 0.2) is 6.20 Å². The van der Waals surface area contributed by atoms with Gasteiger partial charge in [-0.2, -0.15) is 4.98 Å².